The van der Waals surface area contributed by atoms with Crippen molar-refractivity contribution in [3.63, 3.8) is 0 Å². The molecule has 1 N–H and O–H groups in total. The minimum Gasteiger partial charge on any atom is -0.322 e. The van der Waals surface area contributed by atoms with Crippen LogP contribution in [0.4, 0.5) is 0 Å². The summed E-state index contributed by atoms with van der Waals surface area (Å²) in [5, 5.41) is 0. The maximum atomic E-state index is 12.0. The van der Waals surface area contributed by atoms with Gasteiger partial charge in [-0.25, -0.2) is 0 Å². The third-order valence-corrected chi connectivity index (χ3v) is 3.89. The van der Waals surface area contributed by atoms with Gasteiger partial charge in [0.25, 0.3) is 0 Å². The van der Waals surface area contributed by atoms with Gasteiger partial charge < -0.3 is 4.98 Å². The number of aromatic nitrogens is 1. The Morgan fingerprint density at radius 3 is 2.45 bits per heavy atom. The number of hydrogen-bond acceptors (Lipinski definition) is 1. The van der Waals surface area contributed by atoms with E-state index in [1.165, 1.54) is 11.1 Å². The monoisotopic (exact) mass is 259 g/mol. The van der Waals surface area contributed by atoms with Crippen LogP contribution in [-0.2, 0) is 6.42 Å². The first kappa shape index (κ1) is 11.2. The fourth-order valence-electron chi connectivity index (χ4n) is 2.99. The average molecular weight is 259 g/mol. The quantitative estimate of drug-likeness (QED) is 0.556. The molecule has 96 valence electrons. The lowest BCUT2D eigenvalue weighted by Crippen LogP contribution is -2.07. The van der Waals surface area contributed by atoms with Crippen molar-refractivity contribution in [1.29, 1.82) is 0 Å². The Balaban J connectivity index is 2.02. The Labute approximate surface area is 116 Å². The summed E-state index contributed by atoms with van der Waals surface area (Å²) in [4.78, 5) is 15.0. The number of pyridine rings is 1. The zero-order valence-electron chi connectivity index (χ0n) is 10.9. The lowest BCUT2D eigenvalue weighted by molar-refractivity contribution is 1.19. The standard InChI is InChI=1S/C18H13NO/c20-17-11-15(12-6-2-1-3-7-12)16-10-13-8-4-5-9-14(13)18(16)19-17/h1-9,11H,10H2,(H,19,20). The topological polar surface area (TPSA) is 32.9 Å². The maximum Gasteiger partial charge on any atom is 0.249 e. The van der Waals surface area contributed by atoms with Crippen molar-refractivity contribution >= 4 is 0 Å². The van der Waals surface area contributed by atoms with Crippen LogP contribution in [0, 0.1) is 0 Å². The highest BCUT2D eigenvalue weighted by Crippen LogP contribution is 2.38. The molecule has 2 heteroatoms. The molecule has 2 nitrogen and oxygen atoms in total. The van der Waals surface area contributed by atoms with E-state index in [0.717, 1.165) is 28.8 Å². The molecule has 0 saturated heterocycles. The largest absolute Gasteiger partial charge is 0.322 e. The van der Waals surface area contributed by atoms with Gasteiger partial charge in [-0.1, -0.05) is 54.6 Å². The first-order chi connectivity index (χ1) is 9.83. The molecule has 0 unspecified atom stereocenters. The fraction of sp³-hybridized carbons (Fsp3) is 0.0556. The predicted octanol–water partition coefficient (Wildman–Crippen LogP) is 3.61. The lowest BCUT2D eigenvalue weighted by Gasteiger charge is -2.08. The van der Waals surface area contributed by atoms with Crippen molar-refractivity contribution in [1.82, 2.24) is 4.98 Å². The van der Waals surface area contributed by atoms with E-state index in [0.29, 0.717) is 0 Å². The Kier molecular flexibility index (Phi) is 2.36. The van der Waals surface area contributed by atoms with Crippen molar-refractivity contribution < 1.29 is 0 Å². The van der Waals surface area contributed by atoms with Crippen LogP contribution in [0.1, 0.15) is 11.1 Å². The summed E-state index contributed by atoms with van der Waals surface area (Å²) in [6.07, 6.45) is 0.881. The second-order valence-electron chi connectivity index (χ2n) is 5.10. The number of aromatic amines is 1. The third-order valence-electron chi connectivity index (χ3n) is 3.89. The van der Waals surface area contributed by atoms with E-state index in [1.807, 2.05) is 30.3 Å². The summed E-state index contributed by atoms with van der Waals surface area (Å²) in [5.41, 5.74) is 6.73. The molecule has 0 amide bonds. The molecule has 0 radical (unpaired) electrons. The molecule has 1 aliphatic rings. The molecule has 1 aromatic heterocycles. The summed E-state index contributed by atoms with van der Waals surface area (Å²) < 4.78 is 0. The van der Waals surface area contributed by atoms with E-state index < -0.39 is 0 Å². The van der Waals surface area contributed by atoms with Gasteiger partial charge in [0.15, 0.2) is 0 Å². The number of H-pyrrole nitrogens is 1. The number of rotatable bonds is 1. The summed E-state index contributed by atoms with van der Waals surface area (Å²) in [7, 11) is 0. The highest BCUT2D eigenvalue weighted by molar-refractivity contribution is 5.82. The van der Waals surface area contributed by atoms with Crippen molar-refractivity contribution in [3.8, 4) is 22.4 Å². The average Bonchev–Trinajstić information content (AvgIpc) is 2.86. The molecule has 1 aliphatic carbocycles. The lowest BCUT2D eigenvalue weighted by atomic mass is 9.99. The van der Waals surface area contributed by atoms with Crippen LogP contribution in [0.2, 0.25) is 0 Å². The Morgan fingerprint density at radius 2 is 1.60 bits per heavy atom. The Bertz CT molecular complexity index is 847. The zero-order chi connectivity index (χ0) is 13.5. The zero-order valence-corrected chi connectivity index (χ0v) is 10.9. The van der Waals surface area contributed by atoms with Gasteiger partial charge in [0.05, 0.1) is 5.69 Å². The molecule has 1 heterocycles. The van der Waals surface area contributed by atoms with Crippen molar-refractivity contribution in [3.05, 3.63) is 82.1 Å². The molecule has 4 rings (SSSR count). The Morgan fingerprint density at radius 1 is 0.850 bits per heavy atom. The minimum atomic E-state index is -0.0423. The first-order valence-electron chi connectivity index (χ1n) is 6.73. The van der Waals surface area contributed by atoms with Gasteiger partial charge in [-0.05, 0) is 22.3 Å². The number of hydrogen-bond donors (Lipinski definition) is 1. The molecule has 0 atom stereocenters. The second kappa shape index (κ2) is 4.20. The molecule has 3 aromatic rings. The van der Waals surface area contributed by atoms with Gasteiger partial charge in [-0.2, -0.15) is 0 Å². The van der Waals surface area contributed by atoms with Crippen LogP contribution in [0.25, 0.3) is 22.4 Å². The van der Waals surface area contributed by atoms with Gasteiger partial charge in [0.2, 0.25) is 5.56 Å². The molecule has 0 fully saturated rings. The van der Waals surface area contributed by atoms with Crippen LogP contribution in [0.3, 0.4) is 0 Å². The molecular formula is C18H13NO. The van der Waals surface area contributed by atoms with Crippen molar-refractivity contribution in [2.45, 2.75) is 6.42 Å². The predicted molar refractivity (Wildman–Crippen MR) is 80.7 cm³/mol. The summed E-state index contributed by atoms with van der Waals surface area (Å²) in [5.74, 6) is 0. The first-order valence-corrected chi connectivity index (χ1v) is 6.73. The molecule has 20 heavy (non-hydrogen) atoms. The second-order valence-corrected chi connectivity index (χ2v) is 5.10. The van der Waals surface area contributed by atoms with E-state index in [9.17, 15) is 4.79 Å². The summed E-state index contributed by atoms with van der Waals surface area (Å²) in [6, 6.07) is 20.1. The van der Waals surface area contributed by atoms with Crippen LogP contribution >= 0.6 is 0 Å². The van der Waals surface area contributed by atoms with E-state index >= 15 is 0 Å². The van der Waals surface area contributed by atoms with Gasteiger partial charge in [-0.3, -0.25) is 4.79 Å². The van der Waals surface area contributed by atoms with E-state index in [2.05, 4.69) is 29.2 Å². The maximum absolute atomic E-state index is 12.0. The van der Waals surface area contributed by atoms with Gasteiger partial charge >= 0.3 is 0 Å². The van der Waals surface area contributed by atoms with Crippen molar-refractivity contribution in [2.24, 2.45) is 0 Å². The molecular weight excluding hydrogens is 246 g/mol. The smallest absolute Gasteiger partial charge is 0.249 e. The molecule has 2 aromatic carbocycles. The van der Waals surface area contributed by atoms with E-state index in [1.54, 1.807) is 6.07 Å². The number of fused-ring (bicyclic) bond motifs is 3. The third kappa shape index (κ3) is 1.62. The van der Waals surface area contributed by atoms with Gasteiger partial charge in [-0.15, -0.1) is 0 Å². The van der Waals surface area contributed by atoms with Crippen molar-refractivity contribution in [2.75, 3.05) is 0 Å². The highest BCUT2D eigenvalue weighted by atomic mass is 16.1. The Hall–Kier alpha value is -2.61. The SMILES string of the molecule is O=c1cc(-c2ccccc2)c2c([nH]1)-c1ccccc1C2. The number of nitrogens with one attached hydrogen (secondary N) is 1. The summed E-state index contributed by atoms with van der Waals surface area (Å²) >= 11 is 0. The fourth-order valence-corrected chi connectivity index (χ4v) is 2.99. The van der Waals surface area contributed by atoms with Crippen LogP contribution in [-0.4, -0.2) is 4.98 Å². The highest BCUT2D eigenvalue weighted by Gasteiger charge is 2.22. The molecule has 0 saturated carbocycles. The van der Waals surface area contributed by atoms with Crippen LogP contribution in [0.15, 0.2) is 65.5 Å². The van der Waals surface area contributed by atoms with Crippen LogP contribution in [0.5, 0.6) is 0 Å². The van der Waals surface area contributed by atoms with Gasteiger partial charge in [0.1, 0.15) is 0 Å². The van der Waals surface area contributed by atoms with E-state index in [4.69, 9.17) is 0 Å². The van der Waals surface area contributed by atoms with E-state index in [-0.39, 0.29) is 5.56 Å². The molecule has 0 bridgehead atoms. The molecule has 0 spiro atoms. The summed E-state index contributed by atoms with van der Waals surface area (Å²) in [6.45, 7) is 0. The van der Waals surface area contributed by atoms with Gasteiger partial charge in [0, 0.05) is 18.1 Å². The minimum absolute atomic E-state index is 0.0423. The molecule has 0 aliphatic heterocycles. The number of benzene rings is 2. The van der Waals surface area contributed by atoms with Crippen LogP contribution < -0.4 is 5.56 Å². The normalized spacial score (nSPS) is 12.0.